The van der Waals surface area contributed by atoms with Crippen LogP contribution in [-0.4, -0.2) is 29.6 Å². The third-order valence-corrected chi connectivity index (χ3v) is 4.00. The molecule has 0 saturated carbocycles. The lowest BCUT2D eigenvalue weighted by Crippen LogP contribution is -2.15. The van der Waals surface area contributed by atoms with Gasteiger partial charge in [0.1, 0.15) is 11.5 Å². The Morgan fingerprint density at radius 3 is 2.30 bits per heavy atom. The SMILES string of the molecule is CCOc1ccc(NC(=O)c2cnc(-c3ccc(OC)cc3)nc2C)cc1. The van der Waals surface area contributed by atoms with Crippen LogP contribution in [0.25, 0.3) is 11.4 Å². The predicted octanol–water partition coefficient (Wildman–Crippen LogP) is 4.11. The fourth-order valence-corrected chi connectivity index (χ4v) is 2.57. The Balaban J connectivity index is 1.75. The van der Waals surface area contributed by atoms with E-state index in [-0.39, 0.29) is 5.91 Å². The molecule has 2 aromatic carbocycles. The Kier molecular flexibility index (Phi) is 5.66. The van der Waals surface area contributed by atoms with Crippen LogP contribution >= 0.6 is 0 Å². The van der Waals surface area contributed by atoms with Gasteiger partial charge in [-0.05, 0) is 62.4 Å². The molecule has 0 unspecified atom stereocenters. The van der Waals surface area contributed by atoms with Crippen molar-refractivity contribution in [1.82, 2.24) is 9.97 Å². The van der Waals surface area contributed by atoms with Crippen molar-refractivity contribution < 1.29 is 14.3 Å². The summed E-state index contributed by atoms with van der Waals surface area (Å²) in [5.74, 6) is 1.84. The first-order valence-corrected chi connectivity index (χ1v) is 8.63. The molecule has 0 spiro atoms. The molecule has 3 rings (SSSR count). The quantitative estimate of drug-likeness (QED) is 0.713. The molecule has 0 aliphatic rings. The molecule has 0 aliphatic heterocycles. The lowest BCUT2D eigenvalue weighted by molar-refractivity contribution is 0.102. The molecule has 138 valence electrons. The van der Waals surface area contributed by atoms with Crippen molar-refractivity contribution in [2.24, 2.45) is 0 Å². The monoisotopic (exact) mass is 363 g/mol. The lowest BCUT2D eigenvalue weighted by atomic mass is 10.1. The first-order chi connectivity index (χ1) is 13.1. The van der Waals surface area contributed by atoms with Gasteiger partial charge in [0, 0.05) is 17.4 Å². The van der Waals surface area contributed by atoms with E-state index >= 15 is 0 Å². The van der Waals surface area contributed by atoms with Gasteiger partial charge in [0.25, 0.3) is 5.91 Å². The topological polar surface area (TPSA) is 73.3 Å². The van der Waals surface area contributed by atoms with Gasteiger partial charge in [0.2, 0.25) is 0 Å². The molecule has 0 radical (unpaired) electrons. The van der Waals surface area contributed by atoms with E-state index in [9.17, 15) is 4.79 Å². The van der Waals surface area contributed by atoms with Crippen LogP contribution in [0.5, 0.6) is 11.5 Å². The Morgan fingerprint density at radius 2 is 1.70 bits per heavy atom. The largest absolute Gasteiger partial charge is 0.497 e. The van der Waals surface area contributed by atoms with Crippen molar-refractivity contribution >= 4 is 11.6 Å². The van der Waals surface area contributed by atoms with Crippen LogP contribution in [0.3, 0.4) is 0 Å². The van der Waals surface area contributed by atoms with Crippen molar-refractivity contribution in [3.05, 3.63) is 66.0 Å². The number of hydrogen-bond donors (Lipinski definition) is 1. The molecule has 1 N–H and O–H groups in total. The zero-order valence-corrected chi connectivity index (χ0v) is 15.5. The van der Waals surface area contributed by atoms with Crippen LogP contribution in [0, 0.1) is 6.92 Å². The number of rotatable bonds is 6. The number of hydrogen-bond acceptors (Lipinski definition) is 5. The molecule has 0 aliphatic carbocycles. The summed E-state index contributed by atoms with van der Waals surface area (Å²) in [7, 11) is 1.62. The number of methoxy groups -OCH3 is 1. The average Bonchev–Trinajstić information content (AvgIpc) is 2.69. The summed E-state index contributed by atoms with van der Waals surface area (Å²) in [4.78, 5) is 21.3. The van der Waals surface area contributed by atoms with Crippen molar-refractivity contribution in [2.45, 2.75) is 13.8 Å². The predicted molar refractivity (Wildman–Crippen MR) is 104 cm³/mol. The number of ether oxygens (including phenoxy) is 2. The van der Waals surface area contributed by atoms with Crippen LogP contribution in [0.15, 0.2) is 54.7 Å². The number of anilines is 1. The van der Waals surface area contributed by atoms with E-state index in [1.54, 1.807) is 32.4 Å². The van der Waals surface area contributed by atoms with Gasteiger partial charge < -0.3 is 14.8 Å². The van der Waals surface area contributed by atoms with Crippen molar-refractivity contribution in [3.63, 3.8) is 0 Å². The molecule has 1 amide bonds. The molecule has 27 heavy (non-hydrogen) atoms. The molecule has 1 heterocycles. The fraction of sp³-hybridized carbons (Fsp3) is 0.190. The standard InChI is InChI=1S/C21H21N3O3/c1-4-27-18-11-7-16(8-12-18)24-21(25)19-13-22-20(23-14(19)2)15-5-9-17(26-3)10-6-15/h5-13H,4H2,1-3H3,(H,24,25). The van der Waals surface area contributed by atoms with E-state index < -0.39 is 0 Å². The molecular formula is C21H21N3O3. The molecule has 6 nitrogen and oxygen atoms in total. The number of nitrogens with zero attached hydrogens (tertiary/aromatic N) is 2. The van der Waals surface area contributed by atoms with E-state index in [1.165, 1.54) is 0 Å². The minimum atomic E-state index is -0.252. The van der Waals surface area contributed by atoms with Crippen LogP contribution in [0.2, 0.25) is 0 Å². The van der Waals surface area contributed by atoms with Crippen LogP contribution in [0.1, 0.15) is 23.0 Å². The van der Waals surface area contributed by atoms with Gasteiger partial charge in [0.05, 0.1) is 25.0 Å². The van der Waals surface area contributed by atoms with E-state index in [1.807, 2.05) is 43.3 Å². The molecule has 3 aromatic rings. The second-order valence-electron chi connectivity index (χ2n) is 5.83. The maximum atomic E-state index is 12.5. The maximum Gasteiger partial charge on any atom is 0.259 e. The van der Waals surface area contributed by atoms with E-state index in [4.69, 9.17) is 9.47 Å². The summed E-state index contributed by atoms with van der Waals surface area (Å²) in [6, 6.07) is 14.7. The summed E-state index contributed by atoms with van der Waals surface area (Å²) < 4.78 is 10.6. The number of carbonyl (C=O) groups excluding carboxylic acids is 1. The molecular weight excluding hydrogens is 342 g/mol. The Labute approximate surface area is 158 Å². The van der Waals surface area contributed by atoms with Crippen LogP contribution < -0.4 is 14.8 Å². The minimum Gasteiger partial charge on any atom is -0.497 e. The highest BCUT2D eigenvalue weighted by Crippen LogP contribution is 2.21. The first kappa shape index (κ1) is 18.4. The highest BCUT2D eigenvalue weighted by atomic mass is 16.5. The highest BCUT2D eigenvalue weighted by Gasteiger charge is 2.13. The van der Waals surface area contributed by atoms with Gasteiger partial charge in [0.15, 0.2) is 5.82 Å². The zero-order valence-electron chi connectivity index (χ0n) is 15.5. The fourth-order valence-electron chi connectivity index (χ4n) is 2.57. The molecule has 0 atom stereocenters. The van der Waals surface area contributed by atoms with Crippen molar-refractivity contribution in [1.29, 1.82) is 0 Å². The van der Waals surface area contributed by atoms with Crippen molar-refractivity contribution in [2.75, 3.05) is 19.0 Å². The molecule has 0 fully saturated rings. The zero-order chi connectivity index (χ0) is 19.2. The van der Waals surface area contributed by atoms with E-state index in [0.29, 0.717) is 29.4 Å². The van der Waals surface area contributed by atoms with E-state index in [2.05, 4.69) is 15.3 Å². The first-order valence-electron chi connectivity index (χ1n) is 8.63. The van der Waals surface area contributed by atoms with Gasteiger partial charge in [-0.1, -0.05) is 0 Å². The Hall–Kier alpha value is -3.41. The number of aromatic nitrogens is 2. The highest BCUT2D eigenvalue weighted by molar-refractivity contribution is 6.04. The van der Waals surface area contributed by atoms with Crippen LogP contribution in [0.4, 0.5) is 5.69 Å². The van der Waals surface area contributed by atoms with Crippen LogP contribution in [-0.2, 0) is 0 Å². The van der Waals surface area contributed by atoms with Gasteiger partial charge in [-0.25, -0.2) is 9.97 Å². The smallest absolute Gasteiger partial charge is 0.259 e. The van der Waals surface area contributed by atoms with Crippen molar-refractivity contribution in [3.8, 4) is 22.9 Å². The Morgan fingerprint density at radius 1 is 1.04 bits per heavy atom. The van der Waals surface area contributed by atoms with Gasteiger partial charge in [-0.3, -0.25) is 4.79 Å². The number of aryl methyl sites for hydroxylation is 1. The summed E-state index contributed by atoms with van der Waals surface area (Å²) in [5.41, 5.74) is 2.58. The van der Waals surface area contributed by atoms with E-state index in [0.717, 1.165) is 17.1 Å². The Bertz CT molecular complexity index is 922. The summed E-state index contributed by atoms with van der Waals surface area (Å²) >= 11 is 0. The summed E-state index contributed by atoms with van der Waals surface area (Å²) in [6.07, 6.45) is 1.55. The number of nitrogens with one attached hydrogen (secondary N) is 1. The summed E-state index contributed by atoms with van der Waals surface area (Å²) in [5, 5.41) is 2.85. The number of benzene rings is 2. The number of carbonyl (C=O) groups is 1. The van der Waals surface area contributed by atoms with Gasteiger partial charge in [-0.2, -0.15) is 0 Å². The number of amides is 1. The lowest BCUT2D eigenvalue weighted by Gasteiger charge is -2.09. The normalized spacial score (nSPS) is 10.3. The molecule has 6 heteroatoms. The maximum absolute atomic E-state index is 12.5. The molecule has 1 aromatic heterocycles. The average molecular weight is 363 g/mol. The second-order valence-corrected chi connectivity index (χ2v) is 5.83. The second kappa shape index (κ2) is 8.31. The van der Waals surface area contributed by atoms with Gasteiger partial charge in [-0.15, -0.1) is 0 Å². The van der Waals surface area contributed by atoms with Gasteiger partial charge >= 0.3 is 0 Å². The minimum absolute atomic E-state index is 0.252. The molecule has 0 saturated heterocycles. The third-order valence-electron chi connectivity index (χ3n) is 4.00. The summed E-state index contributed by atoms with van der Waals surface area (Å²) in [6.45, 7) is 4.32. The molecule has 0 bridgehead atoms. The third kappa shape index (κ3) is 4.41.